The molecule has 2 N–H and O–H groups in total. The molecule has 0 aromatic heterocycles. The van der Waals surface area contributed by atoms with Gasteiger partial charge in [0.2, 0.25) is 0 Å². The summed E-state index contributed by atoms with van der Waals surface area (Å²) in [5.74, 6) is -2.62. The SMILES string of the molecule is CCOC(=O)C(COC(O)C(CCOS(C)(=O)=O)COC(=O)C(C)C)NC(=O)OC(C)(C)C. The summed E-state index contributed by atoms with van der Waals surface area (Å²) in [5.41, 5.74) is -0.811. The molecule has 12 nitrogen and oxygen atoms in total. The zero-order valence-electron chi connectivity index (χ0n) is 20.3. The normalized spacial score (nSPS) is 14.8. The molecule has 0 saturated heterocycles. The van der Waals surface area contributed by atoms with Crippen molar-refractivity contribution < 1.29 is 51.0 Å². The Morgan fingerprint density at radius 2 is 1.64 bits per heavy atom. The van der Waals surface area contributed by atoms with Gasteiger partial charge in [-0.1, -0.05) is 13.8 Å². The number of esters is 2. The molecule has 13 heteroatoms. The molecule has 1 amide bonds. The van der Waals surface area contributed by atoms with E-state index < -0.39 is 64.5 Å². The molecule has 0 saturated carbocycles. The molecule has 3 atom stereocenters. The van der Waals surface area contributed by atoms with E-state index in [4.69, 9.17) is 18.9 Å². The van der Waals surface area contributed by atoms with E-state index in [0.29, 0.717) is 0 Å². The third-order valence-electron chi connectivity index (χ3n) is 3.80. The lowest BCUT2D eigenvalue weighted by atomic mass is 10.1. The first-order valence-electron chi connectivity index (χ1n) is 10.5. The van der Waals surface area contributed by atoms with Gasteiger partial charge in [0.25, 0.3) is 10.1 Å². The Labute approximate surface area is 195 Å². The summed E-state index contributed by atoms with van der Waals surface area (Å²) in [4.78, 5) is 36.0. The lowest BCUT2D eigenvalue weighted by Gasteiger charge is -2.26. The smallest absolute Gasteiger partial charge is 0.408 e. The van der Waals surface area contributed by atoms with Gasteiger partial charge in [-0.05, 0) is 34.1 Å². The maximum absolute atomic E-state index is 12.2. The van der Waals surface area contributed by atoms with Crippen molar-refractivity contribution >= 4 is 28.1 Å². The highest BCUT2D eigenvalue weighted by atomic mass is 32.2. The van der Waals surface area contributed by atoms with Crippen molar-refractivity contribution in [3.05, 3.63) is 0 Å². The highest BCUT2D eigenvalue weighted by Gasteiger charge is 2.29. The fourth-order valence-corrected chi connectivity index (χ4v) is 2.61. The van der Waals surface area contributed by atoms with Crippen molar-refractivity contribution in [3.8, 4) is 0 Å². The van der Waals surface area contributed by atoms with Crippen LogP contribution in [0.3, 0.4) is 0 Å². The molecule has 0 aromatic rings. The molecule has 0 spiro atoms. The van der Waals surface area contributed by atoms with Crippen LogP contribution in [0.1, 0.15) is 48.0 Å². The van der Waals surface area contributed by atoms with Crippen LogP contribution in [-0.4, -0.2) is 82.2 Å². The Morgan fingerprint density at radius 1 is 1.03 bits per heavy atom. The number of amides is 1. The van der Waals surface area contributed by atoms with Crippen LogP contribution in [0.2, 0.25) is 0 Å². The standard InChI is InChI=1S/C20H37NO11S/c1-8-28-18(24)15(21-19(25)32-20(4,5)6)12-30-17(23)14(9-10-31-33(7,26)27)11-29-16(22)13(2)3/h13-15,17,23H,8-12H2,1-7H3,(H,21,25). The molecule has 0 rings (SSSR count). The van der Waals surface area contributed by atoms with Gasteiger partial charge in [0, 0.05) is 5.92 Å². The molecular formula is C20H37NO11S. The molecule has 0 radical (unpaired) electrons. The first-order chi connectivity index (χ1) is 15.1. The molecule has 33 heavy (non-hydrogen) atoms. The number of alkyl carbamates (subject to hydrolysis) is 1. The van der Waals surface area contributed by atoms with Crippen molar-refractivity contribution in [2.75, 3.05) is 32.7 Å². The molecule has 0 fully saturated rings. The number of hydrogen-bond donors (Lipinski definition) is 2. The first-order valence-corrected chi connectivity index (χ1v) is 12.3. The molecule has 0 aliphatic heterocycles. The maximum atomic E-state index is 12.2. The number of carbonyl (C=O) groups is 3. The molecule has 3 unspecified atom stereocenters. The molecular weight excluding hydrogens is 462 g/mol. The van der Waals surface area contributed by atoms with E-state index in [1.165, 1.54) is 0 Å². The van der Waals surface area contributed by atoms with E-state index in [9.17, 15) is 27.9 Å². The third kappa shape index (κ3) is 15.5. The van der Waals surface area contributed by atoms with Gasteiger partial charge in [-0.3, -0.25) is 8.98 Å². The molecule has 0 aliphatic rings. The predicted octanol–water partition coefficient (Wildman–Crippen LogP) is 0.960. The van der Waals surface area contributed by atoms with Crippen LogP contribution in [0, 0.1) is 11.8 Å². The fraction of sp³-hybridized carbons (Fsp3) is 0.850. The lowest BCUT2D eigenvalue weighted by molar-refractivity contribution is -0.172. The van der Waals surface area contributed by atoms with E-state index in [1.54, 1.807) is 41.5 Å². The minimum absolute atomic E-state index is 0.0385. The van der Waals surface area contributed by atoms with E-state index in [1.807, 2.05) is 0 Å². The Kier molecular flexibility index (Phi) is 13.5. The van der Waals surface area contributed by atoms with Crippen LogP contribution < -0.4 is 5.32 Å². The Bertz CT molecular complexity index is 731. The summed E-state index contributed by atoms with van der Waals surface area (Å²) < 4.78 is 47.5. The average Bonchev–Trinajstić information content (AvgIpc) is 2.64. The average molecular weight is 500 g/mol. The summed E-state index contributed by atoms with van der Waals surface area (Å²) >= 11 is 0. The van der Waals surface area contributed by atoms with Gasteiger partial charge in [0.05, 0.1) is 38.6 Å². The zero-order chi connectivity index (χ0) is 25.8. The summed E-state index contributed by atoms with van der Waals surface area (Å²) in [6.07, 6.45) is -1.63. The topological polar surface area (TPSA) is 164 Å². The van der Waals surface area contributed by atoms with Crippen molar-refractivity contribution in [1.82, 2.24) is 5.32 Å². The van der Waals surface area contributed by atoms with Gasteiger partial charge < -0.3 is 29.4 Å². The summed E-state index contributed by atoms with van der Waals surface area (Å²) in [7, 11) is -3.71. The van der Waals surface area contributed by atoms with Crippen LogP contribution in [0.5, 0.6) is 0 Å². The lowest BCUT2D eigenvalue weighted by Crippen LogP contribution is -2.48. The van der Waals surface area contributed by atoms with E-state index in [2.05, 4.69) is 9.50 Å². The summed E-state index contributed by atoms with van der Waals surface area (Å²) in [6, 6.07) is -1.29. The Morgan fingerprint density at radius 3 is 2.12 bits per heavy atom. The Balaban J connectivity index is 5.19. The van der Waals surface area contributed by atoms with Crippen molar-refractivity contribution in [1.29, 1.82) is 0 Å². The molecule has 0 aliphatic carbocycles. The van der Waals surface area contributed by atoms with Crippen LogP contribution >= 0.6 is 0 Å². The largest absolute Gasteiger partial charge is 0.465 e. The van der Waals surface area contributed by atoms with Crippen LogP contribution in [0.25, 0.3) is 0 Å². The van der Waals surface area contributed by atoms with Gasteiger partial charge in [0.1, 0.15) is 5.60 Å². The van der Waals surface area contributed by atoms with Gasteiger partial charge >= 0.3 is 18.0 Å². The highest BCUT2D eigenvalue weighted by molar-refractivity contribution is 7.85. The van der Waals surface area contributed by atoms with Gasteiger partial charge in [-0.15, -0.1) is 0 Å². The first kappa shape index (κ1) is 31.0. The van der Waals surface area contributed by atoms with E-state index in [-0.39, 0.29) is 26.2 Å². The number of nitrogens with one attached hydrogen (secondary N) is 1. The number of aliphatic hydroxyl groups excluding tert-OH is 1. The van der Waals surface area contributed by atoms with Crippen LogP contribution in [-0.2, 0) is 42.8 Å². The number of hydrogen-bond acceptors (Lipinski definition) is 11. The fourth-order valence-electron chi connectivity index (χ4n) is 2.21. The molecule has 0 heterocycles. The van der Waals surface area contributed by atoms with Crippen LogP contribution in [0.4, 0.5) is 4.79 Å². The van der Waals surface area contributed by atoms with Gasteiger partial charge in [0.15, 0.2) is 12.3 Å². The molecule has 0 bridgehead atoms. The van der Waals surface area contributed by atoms with Crippen molar-refractivity contribution in [2.45, 2.75) is 65.9 Å². The van der Waals surface area contributed by atoms with Crippen LogP contribution in [0.15, 0.2) is 0 Å². The van der Waals surface area contributed by atoms with Gasteiger partial charge in [-0.25, -0.2) is 9.59 Å². The zero-order valence-corrected chi connectivity index (χ0v) is 21.1. The second kappa shape index (κ2) is 14.3. The Hall–Kier alpha value is -1.96. The number of rotatable bonds is 14. The quantitative estimate of drug-likeness (QED) is 0.151. The predicted molar refractivity (Wildman–Crippen MR) is 116 cm³/mol. The van der Waals surface area contributed by atoms with E-state index >= 15 is 0 Å². The summed E-state index contributed by atoms with van der Waals surface area (Å²) in [6.45, 7) is 8.77. The number of ether oxygens (including phenoxy) is 4. The monoisotopic (exact) mass is 499 g/mol. The van der Waals surface area contributed by atoms with Crippen molar-refractivity contribution in [3.63, 3.8) is 0 Å². The van der Waals surface area contributed by atoms with E-state index in [0.717, 1.165) is 6.26 Å². The molecule has 0 aromatic carbocycles. The summed E-state index contributed by atoms with van der Waals surface area (Å²) in [5, 5.41) is 12.8. The second-order valence-corrected chi connectivity index (χ2v) is 10.2. The third-order valence-corrected chi connectivity index (χ3v) is 4.39. The highest BCUT2D eigenvalue weighted by Crippen LogP contribution is 2.15. The second-order valence-electron chi connectivity index (χ2n) is 8.53. The van der Waals surface area contributed by atoms with Crippen molar-refractivity contribution in [2.24, 2.45) is 11.8 Å². The number of carbonyl (C=O) groups excluding carboxylic acids is 3. The number of aliphatic hydroxyl groups is 1. The minimum Gasteiger partial charge on any atom is -0.465 e. The van der Waals surface area contributed by atoms with Gasteiger partial charge in [-0.2, -0.15) is 8.42 Å². The molecule has 194 valence electrons. The minimum atomic E-state index is -3.71. The maximum Gasteiger partial charge on any atom is 0.408 e.